The van der Waals surface area contributed by atoms with E-state index < -0.39 is 0 Å². The number of hydrogen-bond donors (Lipinski definition) is 1. The molecule has 0 atom stereocenters. The van der Waals surface area contributed by atoms with Crippen LogP contribution in [0.2, 0.25) is 0 Å². The smallest absolute Gasteiger partial charge is 0.196 e. The zero-order valence-corrected chi connectivity index (χ0v) is 17.9. The van der Waals surface area contributed by atoms with Crippen LogP contribution in [0.3, 0.4) is 0 Å². The summed E-state index contributed by atoms with van der Waals surface area (Å²) in [7, 11) is 0. The van der Waals surface area contributed by atoms with E-state index in [0.29, 0.717) is 0 Å². The van der Waals surface area contributed by atoms with Crippen molar-refractivity contribution >= 4 is 49.8 Å². The first-order valence-electron chi connectivity index (χ1n) is 8.85. The third-order valence-electron chi connectivity index (χ3n) is 4.49. The van der Waals surface area contributed by atoms with Gasteiger partial charge in [-0.05, 0) is 54.0 Å². The van der Waals surface area contributed by atoms with Crippen LogP contribution in [0.1, 0.15) is 24.5 Å². The van der Waals surface area contributed by atoms with Crippen molar-refractivity contribution in [2.45, 2.75) is 13.3 Å². The first-order chi connectivity index (χ1) is 12.5. The first kappa shape index (κ1) is 19.3. The summed E-state index contributed by atoms with van der Waals surface area (Å²) in [6.07, 6.45) is 5.19. The van der Waals surface area contributed by atoms with Crippen LogP contribution in [-0.4, -0.2) is 25.4 Å². The number of carbonyl (C=O) groups excluding carboxylic acids is 1. The van der Waals surface area contributed by atoms with Gasteiger partial charge in [0.25, 0.3) is 0 Å². The molecule has 1 aliphatic heterocycles. The molecule has 2 aromatic rings. The van der Waals surface area contributed by atoms with Crippen LogP contribution >= 0.6 is 31.9 Å². The summed E-state index contributed by atoms with van der Waals surface area (Å²) in [6.45, 7) is 4.85. The number of benzene rings is 2. The molecule has 1 aliphatic rings. The van der Waals surface area contributed by atoms with Gasteiger partial charge >= 0.3 is 0 Å². The molecule has 2 nitrogen and oxygen atoms in total. The van der Waals surface area contributed by atoms with E-state index in [0.717, 1.165) is 57.3 Å². The number of quaternary nitrogens is 1. The molecule has 3 rings (SSSR count). The van der Waals surface area contributed by atoms with E-state index in [1.54, 1.807) is 0 Å². The predicted octanol–water partition coefficient (Wildman–Crippen LogP) is 4.56. The molecule has 1 N–H and O–H groups in total. The number of carbonyl (C=O) groups is 1. The standard InChI is InChI=1S/C22H21Br2NO/c1-2-11-25-14-18(12-16-3-7-20(23)8-4-16)22(26)19(15-25)13-17-5-9-21(24)10-6-17/h3-10,12-13H,2,11,14-15H2,1H3/p+1. The normalized spacial score (nSPS) is 20.7. The number of ketones is 1. The van der Waals surface area contributed by atoms with E-state index in [-0.39, 0.29) is 5.78 Å². The third kappa shape index (κ3) is 5.03. The van der Waals surface area contributed by atoms with Gasteiger partial charge in [-0.3, -0.25) is 4.79 Å². The van der Waals surface area contributed by atoms with Crippen LogP contribution in [0, 0.1) is 0 Å². The lowest BCUT2D eigenvalue weighted by Gasteiger charge is -2.26. The number of hydrogen-bond acceptors (Lipinski definition) is 1. The fourth-order valence-electron chi connectivity index (χ4n) is 3.25. The van der Waals surface area contributed by atoms with Crippen LogP contribution in [-0.2, 0) is 4.79 Å². The van der Waals surface area contributed by atoms with Gasteiger partial charge in [-0.25, -0.2) is 0 Å². The molecular formula is C22H22Br2NO+. The summed E-state index contributed by atoms with van der Waals surface area (Å²) >= 11 is 6.92. The number of halogens is 2. The Morgan fingerprint density at radius 1 is 0.846 bits per heavy atom. The van der Waals surface area contributed by atoms with Gasteiger partial charge in [0.2, 0.25) is 0 Å². The van der Waals surface area contributed by atoms with Gasteiger partial charge in [-0.2, -0.15) is 0 Å². The maximum Gasteiger partial charge on any atom is 0.196 e. The molecule has 134 valence electrons. The Balaban J connectivity index is 1.93. The summed E-state index contributed by atoms with van der Waals surface area (Å²) in [5.74, 6) is 0.177. The highest BCUT2D eigenvalue weighted by molar-refractivity contribution is 9.10. The molecule has 0 saturated carbocycles. The van der Waals surface area contributed by atoms with E-state index >= 15 is 0 Å². The SMILES string of the molecule is CCC[NH+]1CC(=Cc2ccc(Br)cc2)C(=O)C(=Cc2ccc(Br)cc2)C1. The molecule has 0 amide bonds. The molecule has 2 aromatic carbocycles. The molecule has 1 heterocycles. The van der Waals surface area contributed by atoms with E-state index in [9.17, 15) is 4.79 Å². The van der Waals surface area contributed by atoms with Crippen molar-refractivity contribution in [3.8, 4) is 0 Å². The molecule has 0 unspecified atom stereocenters. The topological polar surface area (TPSA) is 21.5 Å². The summed E-state index contributed by atoms with van der Waals surface area (Å²) in [5.41, 5.74) is 3.92. The largest absolute Gasteiger partial charge is 0.327 e. The lowest BCUT2D eigenvalue weighted by molar-refractivity contribution is -0.891. The number of likely N-dealkylation sites (tertiary alicyclic amines) is 1. The molecule has 0 spiro atoms. The molecule has 0 aliphatic carbocycles. The van der Waals surface area contributed by atoms with Gasteiger partial charge < -0.3 is 4.90 Å². The maximum atomic E-state index is 13.0. The molecule has 1 fully saturated rings. The van der Waals surface area contributed by atoms with E-state index in [2.05, 4.69) is 38.8 Å². The Hall–Kier alpha value is -1.49. The lowest BCUT2D eigenvalue weighted by atomic mass is 9.94. The average molecular weight is 476 g/mol. The van der Waals surface area contributed by atoms with Crippen LogP contribution in [0.5, 0.6) is 0 Å². The second kappa shape index (κ2) is 8.94. The highest BCUT2D eigenvalue weighted by Crippen LogP contribution is 2.19. The third-order valence-corrected chi connectivity index (χ3v) is 5.55. The Morgan fingerprint density at radius 2 is 1.27 bits per heavy atom. The van der Waals surface area contributed by atoms with Crippen molar-refractivity contribution in [2.24, 2.45) is 0 Å². The summed E-state index contributed by atoms with van der Waals surface area (Å²) in [5, 5.41) is 0. The van der Waals surface area contributed by atoms with Crippen LogP contribution < -0.4 is 4.90 Å². The minimum Gasteiger partial charge on any atom is -0.327 e. The molecule has 0 radical (unpaired) electrons. The molecule has 0 aromatic heterocycles. The number of rotatable bonds is 4. The van der Waals surface area contributed by atoms with E-state index in [1.807, 2.05) is 60.7 Å². The van der Waals surface area contributed by atoms with Crippen molar-refractivity contribution in [3.05, 3.63) is 79.7 Å². The van der Waals surface area contributed by atoms with Gasteiger partial charge in [-0.1, -0.05) is 63.0 Å². The van der Waals surface area contributed by atoms with Crippen LogP contribution in [0.25, 0.3) is 12.2 Å². The Kier molecular flexibility index (Phi) is 6.63. The quantitative estimate of drug-likeness (QED) is 0.643. The second-order valence-corrected chi connectivity index (χ2v) is 8.46. The Morgan fingerprint density at radius 3 is 1.65 bits per heavy atom. The van der Waals surface area contributed by atoms with Crippen LogP contribution in [0.15, 0.2) is 68.6 Å². The molecule has 0 bridgehead atoms. The number of Topliss-reactive ketones (excluding diaryl/α,β-unsaturated/α-hetero) is 1. The zero-order valence-electron chi connectivity index (χ0n) is 14.8. The van der Waals surface area contributed by atoms with Crippen molar-refractivity contribution < 1.29 is 9.69 Å². The number of nitrogens with one attached hydrogen (secondary N) is 1. The monoisotopic (exact) mass is 474 g/mol. The summed E-state index contributed by atoms with van der Waals surface area (Å²) in [6, 6.07) is 16.2. The van der Waals surface area contributed by atoms with Crippen molar-refractivity contribution in [1.29, 1.82) is 0 Å². The van der Waals surface area contributed by atoms with Gasteiger partial charge in [0.1, 0.15) is 13.1 Å². The minimum atomic E-state index is 0.177. The fraction of sp³-hybridized carbons (Fsp3) is 0.227. The Labute approximate surface area is 171 Å². The second-order valence-electron chi connectivity index (χ2n) is 6.62. The van der Waals surface area contributed by atoms with Gasteiger partial charge in [0.15, 0.2) is 5.78 Å². The van der Waals surface area contributed by atoms with Gasteiger partial charge in [0, 0.05) is 8.95 Å². The van der Waals surface area contributed by atoms with Gasteiger partial charge in [-0.15, -0.1) is 0 Å². The summed E-state index contributed by atoms with van der Waals surface area (Å²) in [4.78, 5) is 14.5. The fourth-order valence-corrected chi connectivity index (χ4v) is 3.78. The highest BCUT2D eigenvalue weighted by atomic mass is 79.9. The highest BCUT2D eigenvalue weighted by Gasteiger charge is 2.28. The van der Waals surface area contributed by atoms with E-state index in [1.165, 1.54) is 4.90 Å². The van der Waals surface area contributed by atoms with E-state index in [4.69, 9.17) is 0 Å². The molecule has 26 heavy (non-hydrogen) atoms. The first-order valence-corrected chi connectivity index (χ1v) is 10.4. The van der Waals surface area contributed by atoms with Gasteiger partial charge in [0.05, 0.1) is 17.7 Å². The lowest BCUT2D eigenvalue weighted by Crippen LogP contribution is -3.13. The Bertz CT molecular complexity index is 768. The molecule has 4 heteroatoms. The molecular weight excluding hydrogens is 454 g/mol. The van der Waals surface area contributed by atoms with Crippen molar-refractivity contribution in [2.75, 3.05) is 19.6 Å². The number of piperidine rings is 1. The minimum absolute atomic E-state index is 0.177. The van der Waals surface area contributed by atoms with Crippen LogP contribution in [0.4, 0.5) is 0 Å². The zero-order chi connectivity index (χ0) is 18.5. The average Bonchev–Trinajstić information content (AvgIpc) is 2.63. The summed E-state index contributed by atoms with van der Waals surface area (Å²) < 4.78 is 2.09. The van der Waals surface area contributed by atoms with Crippen molar-refractivity contribution in [3.63, 3.8) is 0 Å². The molecule has 1 saturated heterocycles. The predicted molar refractivity (Wildman–Crippen MR) is 115 cm³/mol. The maximum absolute atomic E-state index is 13.0. The van der Waals surface area contributed by atoms with Crippen molar-refractivity contribution in [1.82, 2.24) is 0 Å².